The Labute approximate surface area is 154 Å². The van der Waals surface area contributed by atoms with Gasteiger partial charge in [-0.1, -0.05) is 48.9 Å². The minimum Gasteiger partial charge on any atom is -0.481 e. The lowest BCUT2D eigenvalue weighted by Gasteiger charge is -2.15. The highest BCUT2D eigenvalue weighted by Gasteiger charge is 2.14. The van der Waals surface area contributed by atoms with Crippen LogP contribution >= 0.6 is 0 Å². The van der Waals surface area contributed by atoms with Crippen LogP contribution in [0.2, 0.25) is 0 Å². The number of aliphatic carboxylic acids is 1. The van der Waals surface area contributed by atoms with E-state index in [4.69, 9.17) is 9.84 Å². The van der Waals surface area contributed by atoms with Crippen molar-refractivity contribution in [3.05, 3.63) is 54.6 Å². The third-order valence-corrected chi connectivity index (χ3v) is 4.01. The summed E-state index contributed by atoms with van der Waals surface area (Å²) in [7, 11) is 0. The van der Waals surface area contributed by atoms with Crippen LogP contribution in [0.5, 0.6) is 5.75 Å². The first-order valence-electron chi connectivity index (χ1n) is 8.88. The lowest BCUT2D eigenvalue weighted by molar-refractivity contribution is -0.137. The van der Waals surface area contributed by atoms with Gasteiger partial charge in [0.15, 0.2) is 6.10 Å². The summed E-state index contributed by atoms with van der Waals surface area (Å²) in [5.74, 6) is -0.307. The predicted molar refractivity (Wildman–Crippen MR) is 101 cm³/mol. The maximum absolute atomic E-state index is 12.0. The Morgan fingerprint density at radius 1 is 0.962 bits per heavy atom. The third kappa shape index (κ3) is 6.59. The standard InChI is InChI=1S/C21H25NO4/c1-16(21(25)22-15-7-3-6-10-20(23)24)26-19-13-11-18(12-14-19)17-8-4-2-5-9-17/h2,4-5,8-9,11-14,16H,3,6-7,10,15H2,1H3,(H,22,25)(H,23,24). The first-order valence-corrected chi connectivity index (χ1v) is 8.88. The van der Waals surface area contributed by atoms with Gasteiger partial charge in [0.05, 0.1) is 0 Å². The number of unbranched alkanes of at least 4 members (excludes halogenated alkanes) is 2. The average Bonchev–Trinajstić information content (AvgIpc) is 2.65. The number of benzene rings is 2. The monoisotopic (exact) mass is 355 g/mol. The molecule has 2 aromatic rings. The van der Waals surface area contributed by atoms with E-state index in [-0.39, 0.29) is 12.3 Å². The topological polar surface area (TPSA) is 75.6 Å². The number of carboxylic acids is 1. The van der Waals surface area contributed by atoms with Gasteiger partial charge in [0, 0.05) is 13.0 Å². The molecule has 1 amide bonds. The lowest BCUT2D eigenvalue weighted by Crippen LogP contribution is -2.36. The number of carboxylic acid groups (broad SMARTS) is 1. The molecule has 0 aliphatic carbocycles. The second-order valence-corrected chi connectivity index (χ2v) is 6.15. The maximum atomic E-state index is 12.0. The van der Waals surface area contributed by atoms with Crippen molar-refractivity contribution < 1.29 is 19.4 Å². The van der Waals surface area contributed by atoms with Gasteiger partial charge < -0.3 is 15.2 Å². The average molecular weight is 355 g/mol. The number of amides is 1. The molecule has 2 aromatic carbocycles. The smallest absolute Gasteiger partial charge is 0.303 e. The molecule has 0 spiro atoms. The van der Waals surface area contributed by atoms with Gasteiger partial charge in [0.1, 0.15) is 5.75 Å². The Bertz CT molecular complexity index is 698. The minimum absolute atomic E-state index is 0.171. The van der Waals surface area contributed by atoms with Gasteiger partial charge in [-0.25, -0.2) is 0 Å². The fourth-order valence-corrected chi connectivity index (χ4v) is 2.55. The van der Waals surface area contributed by atoms with Crippen molar-refractivity contribution in [2.24, 2.45) is 0 Å². The molecule has 138 valence electrons. The van der Waals surface area contributed by atoms with Gasteiger partial charge in [-0.15, -0.1) is 0 Å². The van der Waals surface area contributed by atoms with E-state index in [9.17, 15) is 9.59 Å². The fourth-order valence-electron chi connectivity index (χ4n) is 2.55. The van der Waals surface area contributed by atoms with Crippen LogP contribution in [-0.4, -0.2) is 29.6 Å². The zero-order valence-electron chi connectivity index (χ0n) is 15.0. The molecule has 5 nitrogen and oxygen atoms in total. The molecule has 0 radical (unpaired) electrons. The fraction of sp³-hybridized carbons (Fsp3) is 0.333. The molecule has 0 bridgehead atoms. The summed E-state index contributed by atoms with van der Waals surface area (Å²) >= 11 is 0. The van der Waals surface area contributed by atoms with Crippen LogP contribution < -0.4 is 10.1 Å². The highest BCUT2D eigenvalue weighted by Crippen LogP contribution is 2.22. The number of carbonyl (C=O) groups excluding carboxylic acids is 1. The summed E-state index contributed by atoms with van der Waals surface area (Å²) in [5.41, 5.74) is 2.23. The van der Waals surface area contributed by atoms with E-state index in [1.54, 1.807) is 6.92 Å². The summed E-state index contributed by atoms with van der Waals surface area (Å²) in [6.45, 7) is 2.24. The Morgan fingerprint density at radius 3 is 2.27 bits per heavy atom. The summed E-state index contributed by atoms with van der Waals surface area (Å²) in [4.78, 5) is 22.5. The second kappa shape index (κ2) is 10.2. The Kier molecular flexibility index (Phi) is 7.68. The van der Waals surface area contributed by atoms with Crippen molar-refractivity contribution in [1.82, 2.24) is 5.32 Å². The van der Waals surface area contributed by atoms with E-state index < -0.39 is 12.1 Å². The summed E-state index contributed by atoms with van der Waals surface area (Å²) in [6.07, 6.45) is 1.76. The van der Waals surface area contributed by atoms with Crippen molar-refractivity contribution in [2.45, 2.75) is 38.7 Å². The van der Waals surface area contributed by atoms with E-state index in [1.807, 2.05) is 54.6 Å². The predicted octanol–water partition coefficient (Wildman–Crippen LogP) is 3.88. The van der Waals surface area contributed by atoms with Crippen molar-refractivity contribution in [3.8, 4) is 16.9 Å². The minimum atomic E-state index is -0.783. The van der Waals surface area contributed by atoms with Crippen LogP contribution in [0, 0.1) is 0 Å². The molecule has 0 aliphatic rings. The molecule has 1 unspecified atom stereocenters. The summed E-state index contributed by atoms with van der Waals surface area (Å²) in [6, 6.07) is 17.7. The first-order chi connectivity index (χ1) is 12.6. The first kappa shape index (κ1) is 19.5. The van der Waals surface area contributed by atoms with Crippen LogP contribution in [0.3, 0.4) is 0 Å². The van der Waals surface area contributed by atoms with E-state index in [0.717, 1.165) is 24.0 Å². The summed E-state index contributed by atoms with van der Waals surface area (Å²) < 4.78 is 5.69. The van der Waals surface area contributed by atoms with Gasteiger partial charge in [-0.2, -0.15) is 0 Å². The van der Waals surface area contributed by atoms with Gasteiger partial charge >= 0.3 is 5.97 Å². The van der Waals surface area contributed by atoms with Gasteiger partial charge in [-0.3, -0.25) is 9.59 Å². The van der Waals surface area contributed by atoms with Crippen LogP contribution in [0.4, 0.5) is 0 Å². The molecule has 0 saturated heterocycles. The largest absolute Gasteiger partial charge is 0.481 e. The molecule has 0 heterocycles. The summed E-state index contributed by atoms with van der Waals surface area (Å²) in [5, 5.41) is 11.4. The normalized spacial score (nSPS) is 11.6. The number of ether oxygens (including phenoxy) is 1. The lowest BCUT2D eigenvalue weighted by atomic mass is 10.1. The highest BCUT2D eigenvalue weighted by atomic mass is 16.5. The quantitative estimate of drug-likeness (QED) is 0.634. The van der Waals surface area contributed by atoms with Crippen molar-refractivity contribution in [2.75, 3.05) is 6.54 Å². The molecule has 1 atom stereocenters. The number of rotatable bonds is 10. The van der Waals surface area contributed by atoms with Crippen molar-refractivity contribution in [1.29, 1.82) is 0 Å². The Hall–Kier alpha value is -2.82. The molecular formula is C21H25NO4. The molecular weight excluding hydrogens is 330 g/mol. The van der Waals surface area contributed by atoms with Gasteiger partial charge in [-0.05, 0) is 43.0 Å². The van der Waals surface area contributed by atoms with Crippen molar-refractivity contribution in [3.63, 3.8) is 0 Å². The molecule has 2 N–H and O–H groups in total. The number of hydrogen-bond acceptors (Lipinski definition) is 3. The molecule has 0 aromatic heterocycles. The third-order valence-electron chi connectivity index (χ3n) is 4.01. The molecule has 5 heteroatoms. The zero-order chi connectivity index (χ0) is 18.8. The maximum Gasteiger partial charge on any atom is 0.303 e. The van der Waals surface area contributed by atoms with Crippen molar-refractivity contribution >= 4 is 11.9 Å². The number of hydrogen-bond donors (Lipinski definition) is 2. The van der Waals surface area contributed by atoms with Gasteiger partial charge in [0.25, 0.3) is 5.91 Å². The highest BCUT2D eigenvalue weighted by molar-refractivity contribution is 5.80. The Morgan fingerprint density at radius 2 is 1.62 bits per heavy atom. The van der Waals surface area contributed by atoms with E-state index in [1.165, 1.54) is 0 Å². The SMILES string of the molecule is CC(Oc1ccc(-c2ccccc2)cc1)C(=O)NCCCCCC(=O)O. The zero-order valence-corrected chi connectivity index (χ0v) is 15.0. The molecule has 0 saturated carbocycles. The van der Waals surface area contributed by atoms with Crippen LogP contribution in [0.15, 0.2) is 54.6 Å². The van der Waals surface area contributed by atoms with Crippen LogP contribution in [0.25, 0.3) is 11.1 Å². The van der Waals surface area contributed by atoms with E-state index >= 15 is 0 Å². The number of nitrogens with one attached hydrogen (secondary N) is 1. The van der Waals surface area contributed by atoms with Crippen LogP contribution in [0.1, 0.15) is 32.6 Å². The van der Waals surface area contributed by atoms with E-state index in [0.29, 0.717) is 18.7 Å². The molecule has 26 heavy (non-hydrogen) atoms. The number of carbonyl (C=O) groups is 2. The second-order valence-electron chi connectivity index (χ2n) is 6.15. The Balaban J connectivity index is 1.73. The van der Waals surface area contributed by atoms with Crippen LogP contribution in [-0.2, 0) is 9.59 Å². The molecule has 0 fully saturated rings. The van der Waals surface area contributed by atoms with E-state index in [2.05, 4.69) is 5.32 Å². The molecule has 2 rings (SSSR count). The van der Waals surface area contributed by atoms with Gasteiger partial charge in [0.2, 0.25) is 0 Å². The molecule has 0 aliphatic heterocycles.